The minimum atomic E-state index is 0.562. The van der Waals surface area contributed by atoms with Gasteiger partial charge in [-0.2, -0.15) is 0 Å². The van der Waals surface area contributed by atoms with E-state index in [1.54, 1.807) is 24.5 Å². The van der Waals surface area contributed by atoms with E-state index in [-0.39, 0.29) is 0 Å². The second-order valence-electron chi connectivity index (χ2n) is 3.87. The van der Waals surface area contributed by atoms with Crippen LogP contribution in [0.3, 0.4) is 0 Å². The fraction of sp³-hybridized carbons (Fsp3) is 0.231. The van der Waals surface area contributed by atoms with Crippen LogP contribution in [0.1, 0.15) is 6.42 Å². The predicted molar refractivity (Wildman–Crippen MR) is 75.7 cm³/mol. The lowest BCUT2D eigenvalue weighted by molar-refractivity contribution is 0.477. The molecule has 0 aliphatic heterocycles. The number of hydrogen-bond donors (Lipinski definition) is 2. The lowest BCUT2D eigenvalue weighted by Gasteiger charge is -2.06. The number of halogens is 1. The smallest absolute Gasteiger partial charge is 0.222 e. The highest BCUT2D eigenvalue weighted by Crippen LogP contribution is 2.23. The Morgan fingerprint density at radius 1 is 1.21 bits per heavy atom. The largest absolute Gasteiger partial charge is 0.454 e. The van der Waals surface area contributed by atoms with Gasteiger partial charge in [-0.05, 0) is 31.2 Å². The van der Waals surface area contributed by atoms with Crippen LogP contribution in [0.4, 0.5) is 5.95 Å². The first-order valence-corrected chi connectivity index (χ1v) is 6.35. The zero-order valence-corrected chi connectivity index (χ0v) is 11.1. The summed E-state index contributed by atoms with van der Waals surface area (Å²) in [6.45, 7) is 1.40. The first-order chi connectivity index (χ1) is 9.28. The van der Waals surface area contributed by atoms with Gasteiger partial charge in [-0.15, -0.1) is 0 Å². The van der Waals surface area contributed by atoms with Crippen molar-refractivity contribution in [2.24, 2.45) is 5.73 Å². The molecule has 2 rings (SSSR count). The number of benzene rings is 1. The molecule has 0 amide bonds. The Bertz CT molecular complexity index is 518. The van der Waals surface area contributed by atoms with Crippen LogP contribution in [-0.4, -0.2) is 23.1 Å². The summed E-state index contributed by atoms with van der Waals surface area (Å²) in [5, 5.41) is 3.69. The fourth-order valence-electron chi connectivity index (χ4n) is 1.43. The van der Waals surface area contributed by atoms with Crippen LogP contribution in [-0.2, 0) is 0 Å². The summed E-state index contributed by atoms with van der Waals surface area (Å²) >= 11 is 5.88. The second kappa shape index (κ2) is 6.92. The maximum Gasteiger partial charge on any atom is 0.222 e. The Labute approximate surface area is 116 Å². The highest BCUT2D eigenvalue weighted by molar-refractivity contribution is 6.30. The lowest BCUT2D eigenvalue weighted by Crippen LogP contribution is -2.10. The molecule has 100 valence electrons. The molecule has 0 radical (unpaired) electrons. The first kappa shape index (κ1) is 13.6. The van der Waals surface area contributed by atoms with Gasteiger partial charge in [0, 0.05) is 11.6 Å². The van der Waals surface area contributed by atoms with Gasteiger partial charge in [0.1, 0.15) is 5.75 Å². The van der Waals surface area contributed by atoms with Gasteiger partial charge in [0.05, 0.1) is 12.4 Å². The molecule has 3 N–H and O–H groups in total. The zero-order chi connectivity index (χ0) is 13.5. The number of nitrogens with two attached hydrogens (primary N) is 1. The Morgan fingerprint density at radius 3 is 2.68 bits per heavy atom. The van der Waals surface area contributed by atoms with Crippen molar-refractivity contribution in [3.05, 3.63) is 41.7 Å². The second-order valence-corrected chi connectivity index (χ2v) is 4.31. The number of hydrogen-bond acceptors (Lipinski definition) is 5. The molecule has 2 aromatic rings. The first-order valence-electron chi connectivity index (χ1n) is 5.97. The zero-order valence-electron chi connectivity index (χ0n) is 10.3. The monoisotopic (exact) mass is 278 g/mol. The normalized spacial score (nSPS) is 10.2. The van der Waals surface area contributed by atoms with Crippen molar-refractivity contribution in [1.82, 2.24) is 9.97 Å². The van der Waals surface area contributed by atoms with Crippen molar-refractivity contribution in [2.75, 3.05) is 18.4 Å². The molecule has 5 nitrogen and oxygen atoms in total. The quantitative estimate of drug-likeness (QED) is 0.795. The molecule has 0 unspecified atom stereocenters. The fourth-order valence-corrected chi connectivity index (χ4v) is 1.61. The summed E-state index contributed by atoms with van der Waals surface area (Å²) in [5.74, 6) is 1.78. The highest BCUT2D eigenvalue weighted by Gasteiger charge is 2.00. The van der Waals surface area contributed by atoms with Crippen molar-refractivity contribution < 1.29 is 4.74 Å². The molecule has 1 aromatic heterocycles. The van der Waals surface area contributed by atoms with Gasteiger partial charge in [-0.3, -0.25) is 0 Å². The number of anilines is 1. The average Bonchev–Trinajstić information content (AvgIpc) is 2.41. The molecule has 0 spiro atoms. The number of nitrogens with zero attached hydrogens (tertiary/aromatic N) is 2. The average molecular weight is 279 g/mol. The minimum absolute atomic E-state index is 0.562. The topological polar surface area (TPSA) is 73.1 Å². The highest BCUT2D eigenvalue weighted by atomic mass is 35.5. The Balaban J connectivity index is 1.95. The van der Waals surface area contributed by atoms with Crippen molar-refractivity contribution in [3.8, 4) is 11.5 Å². The van der Waals surface area contributed by atoms with Crippen molar-refractivity contribution in [3.63, 3.8) is 0 Å². The molecule has 0 saturated carbocycles. The summed E-state index contributed by atoms with van der Waals surface area (Å²) in [5.41, 5.74) is 5.40. The maximum absolute atomic E-state index is 5.88. The third-order valence-electron chi connectivity index (χ3n) is 2.32. The van der Waals surface area contributed by atoms with Crippen molar-refractivity contribution in [2.45, 2.75) is 6.42 Å². The van der Waals surface area contributed by atoms with E-state index >= 15 is 0 Å². The van der Waals surface area contributed by atoms with E-state index < -0.39 is 0 Å². The van der Waals surface area contributed by atoms with Crippen LogP contribution < -0.4 is 15.8 Å². The molecule has 19 heavy (non-hydrogen) atoms. The van der Waals surface area contributed by atoms with E-state index in [2.05, 4.69) is 15.3 Å². The van der Waals surface area contributed by atoms with Crippen LogP contribution in [0, 0.1) is 0 Å². The Morgan fingerprint density at radius 2 is 2.00 bits per heavy atom. The molecule has 0 atom stereocenters. The van der Waals surface area contributed by atoms with E-state index in [0.717, 1.165) is 13.0 Å². The van der Waals surface area contributed by atoms with Crippen LogP contribution in [0.5, 0.6) is 11.5 Å². The van der Waals surface area contributed by atoms with Crippen LogP contribution in [0.25, 0.3) is 0 Å². The molecular weight excluding hydrogens is 264 g/mol. The molecule has 1 heterocycles. The summed E-state index contributed by atoms with van der Waals surface area (Å²) in [6, 6.07) is 7.16. The number of aromatic nitrogens is 2. The number of ether oxygens (including phenoxy) is 1. The third-order valence-corrected chi connectivity index (χ3v) is 2.56. The molecular formula is C13H15ClN4O. The molecule has 6 heteroatoms. The Kier molecular flexibility index (Phi) is 4.94. The minimum Gasteiger partial charge on any atom is -0.454 e. The molecule has 0 saturated heterocycles. The van der Waals surface area contributed by atoms with Gasteiger partial charge in [0.15, 0.2) is 5.75 Å². The standard InChI is InChI=1S/C13H15ClN4O/c14-10-3-1-4-11(7-10)19-12-8-17-13(18-9-12)16-6-2-5-15/h1,3-4,7-9H,2,5-6,15H2,(H,16,17,18). The maximum atomic E-state index is 5.88. The van der Waals surface area contributed by atoms with E-state index in [1.165, 1.54) is 0 Å². The molecule has 0 fully saturated rings. The third kappa shape index (κ3) is 4.39. The lowest BCUT2D eigenvalue weighted by atomic mass is 10.3. The van der Waals surface area contributed by atoms with E-state index in [1.807, 2.05) is 12.1 Å². The van der Waals surface area contributed by atoms with Gasteiger partial charge in [0.2, 0.25) is 5.95 Å². The molecule has 0 bridgehead atoms. The molecule has 0 aliphatic carbocycles. The van der Waals surface area contributed by atoms with Gasteiger partial charge in [-0.25, -0.2) is 9.97 Å². The van der Waals surface area contributed by atoms with Crippen molar-refractivity contribution in [1.29, 1.82) is 0 Å². The van der Waals surface area contributed by atoms with Crippen LogP contribution in [0.2, 0.25) is 5.02 Å². The summed E-state index contributed by atoms with van der Waals surface area (Å²) in [4.78, 5) is 8.30. The number of rotatable bonds is 6. The molecule has 1 aromatic carbocycles. The summed E-state index contributed by atoms with van der Waals surface area (Å²) in [7, 11) is 0. The number of nitrogens with one attached hydrogen (secondary N) is 1. The summed E-state index contributed by atoms with van der Waals surface area (Å²) in [6.07, 6.45) is 4.10. The predicted octanol–water partition coefficient (Wildman–Crippen LogP) is 2.68. The Hall–Kier alpha value is -1.85. The molecule has 0 aliphatic rings. The van der Waals surface area contributed by atoms with E-state index in [0.29, 0.717) is 29.0 Å². The SMILES string of the molecule is NCCCNc1ncc(Oc2cccc(Cl)c2)cn1. The van der Waals surface area contributed by atoms with E-state index in [9.17, 15) is 0 Å². The van der Waals surface area contributed by atoms with Gasteiger partial charge in [0.25, 0.3) is 0 Å². The summed E-state index contributed by atoms with van der Waals surface area (Å²) < 4.78 is 5.58. The van der Waals surface area contributed by atoms with Gasteiger partial charge >= 0.3 is 0 Å². The van der Waals surface area contributed by atoms with Gasteiger partial charge < -0.3 is 15.8 Å². The van der Waals surface area contributed by atoms with Crippen molar-refractivity contribution >= 4 is 17.5 Å². The van der Waals surface area contributed by atoms with Gasteiger partial charge in [-0.1, -0.05) is 17.7 Å². The van der Waals surface area contributed by atoms with E-state index in [4.69, 9.17) is 22.1 Å². The van der Waals surface area contributed by atoms with Crippen LogP contribution >= 0.6 is 11.6 Å². The van der Waals surface area contributed by atoms with Crippen LogP contribution in [0.15, 0.2) is 36.7 Å².